The van der Waals surface area contributed by atoms with Gasteiger partial charge in [-0.05, 0) is 44.9 Å². The van der Waals surface area contributed by atoms with Crippen LogP contribution in [0.3, 0.4) is 0 Å². The van der Waals surface area contributed by atoms with Crippen LogP contribution < -0.4 is 0 Å². The Labute approximate surface area is 340 Å². The first kappa shape index (κ1) is 52.6. The van der Waals surface area contributed by atoms with E-state index in [0.717, 1.165) is 38.5 Å². The Morgan fingerprint density at radius 1 is 0.679 bits per heavy atom. The molecule has 56 heavy (non-hydrogen) atoms. The largest absolute Gasteiger partial charge is 0.457 e. The normalized spacial score (nSPS) is 21.0. The minimum atomic E-state index is -5.05. The summed E-state index contributed by atoms with van der Waals surface area (Å²) >= 11 is 0. The number of carbonyl (C=O) groups excluding carboxylic acids is 1. The van der Waals surface area contributed by atoms with Gasteiger partial charge in [0.15, 0.2) is 6.29 Å². The van der Waals surface area contributed by atoms with Crippen LogP contribution in [-0.4, -0.2) is 97.5 Å². The van der Waals surface area contributed by atoms with Gasteiger partial charge in [0.05, 0.1) is 19.8 Å². The molecule has 0 aliphatic carbocycles. The molecule has 12 nitrogen and oxygen atoms in total. The van der Waals surface area contributed by atoms with Crippen LogP contribution in [-0.2, 0) is 38.3 Å². The fraction of sp³-hybridized carbons (Fsp3) is 0.884. The smallest absolute Gasteiger partial charge is 0.397 e. The summed E-state index contributed by atoms with van der Waals surface area (Å²) in [6, 6.07) is 0. The third-order valence-electron chi connectivity index (χ3n) is 10.1. The Hall–Kier alpha value is -1.42. The molecule has 6 atom stereocenters. The summed E-state index contributed by atoms with van der Waals surface area (Å²) in [5.41, 5.74) is 0. The third-order valence-corrected chi connectivity index (χ3v) is 10.5. The zero-order valence-electron chi connectivity index (χ0n) is 34.9. The van der Waals surface area contributed by atoms with E-state index in [2.05, 4.69) is 35.4 Å². The maximum Gasteiger partial charge on any atom is 0.397 e. The van der Waals surface area contributed by atoms with E-state index in [1.54, 1.807) is 0 Å². The highest BCUT2D eigenvalue weighted by Gasteiger charge is 2.48. The lowest BCUT2D eigenvalue weighted by molar-refractivity contribution is -0.301. The summed E-state index contributed by atoms with van der Waals surface area (Å²) in [4.78, 5) is 12.5. The van der Waals surface area contributed by atoms with E-state index >= 15 is 0 Å². The highest BCUT2D eigenvalue weighted by molar-refractivity contribution is 7.80. The second-order valence-electron chi connectivity index (χ2n) is 15.3. The van der Waals surface area contributed by atoms with Crippen molar-refractivity contribution in [3.8, 4) is 0 Å². The molecule has 0 amide bonds. The van der Waals surface area contributed by atoms with Crippen LogP contribution in [0.5, 0.6) is 0 Å². The van der Waals surface area contributed by atoms with E-state index < -0.39 is 59.8 Å². The lowest BCUT2D eigenvalue weighted by atomic mass is 9.99. The predicted octanol–water partition coefficient (Wildman–Crippen LogP) is 8.85. The van der Waals surface area contributed by atoms with Crippen LogP contribution in [0.4, 0.5) is 0 Å². The molecule has 1 aliphatic heterocycles. The zero-order chi connectivity index (χ0) is 41.1. The summed E-state index contributed by atoms with van der Waals surface area (Å²) in [7, 11) is -5.05. The number of hydrogen-bond acceptors (Lipinski definition) is 11. The SMILES string of the molecule is CCCCCCC/C=C\C/C=C\CCCCCCCCCCCCCCCCOCC(COC1OC(CO)C(O)C(OS(=O)(=O)O)C1O)OC(=O)CCCCC. The second kappa shape index (κ2) is 35.5. The molecule has 1 saturated heterocycles. The maximum absolute atomic E-state index is 12.5. The van der Waals surface area contributed by atoms with E-state index in [-0.39, 0.29) is 19.6 Å². The molecule has 4 N–H and O–H groups in total. The predicted molar refractivity (Wildman–Crippen MR) is 221 cm³/mol. The second-order valence-corrected chi connectivity index (χ2v) is 16.3. The van der Waals surface area contributed by atoms with Crippen molar-refractivity contribution >= 4 is 16.4 Å². The number of carbonyl (C=O) groups is 1. The summed E-state index contributed by atoms with van der Waals surface area (Å²) in [6.45, 7) is 3.79. The highest BCUT2D eigenvalue weighted by Crippen LogP contribution is 2.26. The Morgan fingerprint density at radius 2 is 1.18 bits per heavy atom. The Morgan fingerprint density at radius 3 is 1.70 bits per heavy atom. The number of unbranched alkanes of at least 4 members (excludes halogenated alkanes) is 21. The van der Waals surface area contributed by atoms with Gasteiger partial charge < -0.3 is 34.3 Å². The van der Waals surface area contributed by atoms with Crippen molar-refractivity contribution in [1.29, 1.82) is 0 Å². The van der Waals surface area contributed by atoms with Crippen LogP contribution in [0.25, 0.3) is 0 Å². The van der Waals surface area contributed by atoms with Gasteiger partial charge >= 0.3 is 16.4 Å². The first-order chi connectivity index (χ1) is 27.1. The number of esters is 1. The molecule has 0 aromatic heterocycles. The molecule has 0 saturated carbocycles. The van der Waals surface area contributed by atoms with E-state index in [1.807, 2.05) is 6.92 Å². The van der Waals surface area contributed by atoms with Gasteiger partial charge in [0.1, 0.15) is 30.5 Å². The standard InChI is InChI=1S/C43H80O12S/c1-3-5-7-8-9-10-11-12-13-14-15-16-17-18-19-20-21-22-23-24-25-26-27-28-29-31-33-51-35-37(53-39(45)32-30-6-4-2)36-52-43-41(47)42(55-56(48,49)50)40(46)38(34-44)54-43/h11-12,14-15,37-38,40-44,46-47H,3-10,13,16-36H2,1-2H3,(H,48,49,50)/b12-11-,15-14-. The van der Waals surface area contributed by atoms with Crippen LogP contribution >= 0.6 is 0 Å². The molecule has 0 aromatic rings. The molecule has 6 unspecified atom stereocenters. The Balaban J connectivity index is 2.14. The highest BCUT2D eigenvalue weighted by atomic mass is 32.3. The summed E-state index contributed by atoms with van der Waals surface area (Å²) < 4.78 is 58.4. The lowest BCUT2D eigenvalue weighted by Gasteiger charge is -2.41. The molecule has 0 bridgehead atoms. The van der Waals surface area contributed by atoms with Crippen molar-refractivity contribution in [2.24, 2.45) is 0 Å². The minimum Gasteiger partial charge on any atom is -0.457 e. The number of aliphatic hydroxyl groups excluding tert-OH is 3. The van der Waals surface area contributed by atoms with E-state index in [9.17, 15) is 28.5 Å². The third kappa shape index (κ3) is 28.9. The Kier molecular flexibility index (Phi) is 33.4. The number of aliphatic hydroxyl groups is 3. The quantitative estimate of drug-likeness (QED) is 0.0202. The molecule has 330 valence electrons. The summed E-state index contributed by atoms with van der Waals surface area (Å²) in [5, 5.41) is 30.4. The van der Waals surface area contributed by atoms with Crippen LogP contribution in [0, 0.1) is 0 Å². The minimum absolute atomic E-state index is 0.0358. The topological polar surface area (TPSA) is 178 Å². The van der Waals surface area contributed by atoms with Crippen LogP contribution in [0.1, 0.15) is 181 Å². The van der Waals surface area contributed by atoms with Crippen molar-refractivity contribution in [2.45, 2.75) is 218 Å². The number of rotatable bonds is 38. The van der Waals surface area contributed by atoms with E-state index in [4.69, 9.17) is 23.5 Å². The van der Waals surface area contributed by atoms with Crippen LogP contribution in [0.15, 0.2) is 24.3 Å². The van der Waals surface area contributed by atoms with Gasteiger partial charge in [-0.15, -0.1) is 0 Å². The molecule has 0 radical (unpaired) electrons. The van der Waals surface area contributed by atoms with Gasteiger partial charge in [0, 0.05) is 13.0 Å². The molecule has 1 fully saturated rings. The molecule has 0 spiro atoms. The number of allylic oxidation sites excluding steroid dienone is 4. The summed E-state index contributed by atoms with van der Waals surface area (Å²) in [6.07, 6.45) is 30.5. The van der Waals surface area contributed by atoms with Gasteiger partial charge in [-0.1, -0.05) is 154 Å². The zero-order valence-corrected chi connectivity index (χ0v) is 35.8. The molecular formula is C43H80O12S. The van der Waals surface area contributed by atoms with Gasteiger partial charge in [0.25, 0.3) is 0 Å². The van der Waals surface area contributed by atoms with Gasteiger partial charge in [0.2, 0.25) is 0 Å². The van der Waals surface area contributed by atoms with Crippen molar-refractivity contribution in [2.75, 3.05) is 26.4 Å². The molecule has 1 heterocycles. The van der Waals surface area contributed by atoms with Crippen molar-refractivity contribution in [3.63, 3.8) is 0 Å². The van der Waals surface area contributed by atoms with Gasteiger partial charge in [-0.3, -0.25) is 9.35 Å². The first-order valence-electron chi connectivity index (χ1n) is 22.1. The van der Waals surface area contributed by atoms with E-state index in [0.29, 0.717) is 13.0 Å². The van der Waals surface area contributed by atoms with Crippen molar-refractivity contribution in [3.05, 3.63) is 24.3 Å². The van der Waals surface area contributed by atoms with Crippen molar-refractivity contribution < 1.29 is 56.2 Å². The average molecular weight is 821 g/mol. The monoisotopic (exact) mass is 821 g/mol. The van der Waals surface area contributed by atoms with Crippen molar-refractivity contribution in [1.82, 2.24) is 0 Å². The number of hydrogen-bond donors (Lipinski definition) is 4. The fourth-order valence-electron chi connectivity index (χ4n) is 6.70. The Bertz CT molecular complexity index is 1080. The fourth-order valence-corrected chi connectivity index (χ4v) is 7.21. The van der Waals surface area contributed by atoms with E-state index in [1.165, 1.54) is 116 Å². The maximum atomic E-state index is 12.5. The van der Waals surface area contributed by atoms with Gasteiger partial charge in [-0.25, -0.2) is 4.18 Å². The van der Waals surface area contributed by atoms with Crippen LogP contribution in [0.2, 0.25) is 0 Å². The molecule has 13 heteroatoms. The average Bonchev–Trinajstić information content (AvgIpc) is 3.16. The molecule has 1 aliphatic rings. The molecular weight excluding hydrogens is 741 g/mol. The summed E-state index contributed by atoms with van der Waals surface area (Å²) in [5.74, 6) is -0.423. The molecule has 1 rings (SSSR count). The first-order valence-corrected chi connectivity index (χ1v) is 23.5. The lowest BCUT2D eigenvalue weighted by Crippen LogP contribution is -2.60. The van der Waals surface area contributed by atoms with Gasteiger partial charge in [-0.2, -0.15) is 8.42 Å². The molecule has 0 aromatic carbocycles. The number of ether oxygens (including phenoxy) is 4.